The molecule has 2 aromatic heterocycles. The van der Waals surface area contributed by atoms with E-state index in [4.69, 9.17) is 0 Å². The molecule has 0 unspecified atom stereocenters. The molecule has 128 valence electrons. The van der Waals surface area contributed by atoms with Crippen LogP contribution in [-0.2, 0) is 18.5 Å². The molecule has 0 aromatic carbocycles. The average Bonchev–Trinajstić information content (AvgIpc) is 3.13. The molecule has 23 heavy (non-hydrogen) atoms. The molecule has 2 heterocycles. The first-order valence-corrected chi connectivity index (χ1v) is 8.37. The van der Waals surface area contributed by atoms with E-state index in [1.165, 1.54) is 5.01 Å². The number of halogens is 1. The van der Waals surface area contributed by atoms with Crippen LogP contribution in [0.1, 0.15) is 31.5 Å². The molecule has 5 nitrogen and oxygen atoms in total. The number of aliphatic imine (C=N–C) groups is 1. The van der Waals surface area contributed by atoms with Gasteiger partial charge in [0.25, 0.3) is 0 Å². The van der Waals surface area contributed by atoms with Crippen molar-refractivity contribution in [2.75, 3.05) is 13.6 Å². The Morgan fingerprint density at radius 1 is 1.26 bits per heavy atom. The molecule has 0 bridgehead atoms. The highest BCUT2D eigenvalue weighted by Crippen LogP contribution is 2.25. The van der Waals surface area contributed by atoms with Crippen LogP contribution in [0.15, 0.2) is 34.9 Å². The average molecular weight is 447 g/mol. The van der Waals surface area contributed by atoms with Gasteiger partial charge >= 0.3 is 0 Å². The number of thiazole rings is 1. The van der Waals surface area contributed by atoms with Crippen molar-refractivity contribution < 1.29 is 0 Å². The van der Waals surface area contributed by atoms with Crippen LogP contribution in [0.25, 0.3) is 0 Å². The Morgan fingerprint density at radius 3 is 2.52 bits per heavy atom. The second kappa shape index (κ2) is 9.27. The molecule has 2 rings (SSSR count). The number of hydrogen-bond donors (Lipinski definition) is 2. The van der Waals surface area contributed by atoms with E-state index in [2.05, 4.69) is 63.7 Å². The van der Waals surface area contributed by atoms with Gasteiger partial charge in [0.05, 0.1) is 17.2 Å². The maximum absolute atomic E-state index is 4.68. The van der Waals surface area contributed by atoms with Crippen LogP contribution in [0.2, 0.25) is 0 Å². The smallest absolute Gasteiger partial charge is 0.191 e. The van der Waals surface area contributed by atoms with Gasteiger partial charge in [0.1, 0.15) is 0 Å². The molecule has 2 aromatic rings. The van der Waals surface area contributed by atoms with Crippen molar-refractivity contribution >= 4 is 41.3 Å². The predicted molar refractivity (Wildman–Crippen MR) is 109 cm³/mol. The molecule has 7 heteroatoms. The van der Waals surface area contributed by atoms with Gasteiger partial charge in [-0.25, -0.2) is 4.98 Å². The Morgan fingerprint density at radius 2 is 1.96 bits per heavy atom. The maximum atomic E-state index is 4.68. The summed E-state index contributed by atoms with van der Waals surface area (Å²) in [6, 6.07) is 4.06. The number of aromatic nitrogens is 2. The van der Waals surface area contributed by atoms with Crippen LogP contribution < -0.4 is 10.6 Å². The first-order chi connectivity index (χ1) is 10.5. The fourth-order valence-corrected chi connectivity index (χ4v) is 2.86. The number of nitrogens with zero attached hydrogens (tertiary/aromatic N) is 3. The third kappa shape index (κ3) is 6.50. The number of nitrogens with one attached hydrogen (secondary N) is 2. The summed E-state index contributed by atoms with van der Waals surface area (Å²) < 4.78 is 2.14. The lowest BCUT2D eigenvalue weighted by molar-refractivity contribution is 0.582. The quantitative estimate of drug-likeness (QED) is 0.421. The van der Waals surface area contributed by atoms with Crippen molar-refractivity contribution in [1.82, 2.24) is 20.2 Å². The van der Waals surface area contributed by atoms with Gasteiger partial charge in [-0.1, -0.05) is 20.8 Å². The molecule has 0 radical (unpaired) electrons. The van der Waals surface area contributed by atoms with Crippen LogP contribution in [-0.4, -0.2) is 29.1 Å². The maximum Gasteiger partial charge on any atom is 0.191 e. The largest absolute Gasteiger partial charge is 0.355 e. The normalized spacial score (nSPS) is 11.9. The van der Waals surface area contributed by atoms with Gasteiger partial charge in [-0.2, -0.15) is 0 Å². The van der Waals surface area contributed by atoms with Gasteiger partial charge in [0.2, 0.25) is 0 Å². The first-order valence-electron chi connectivity index (χ1n) is 7.49. The lowest BCUT2D eigenvalue weighted by atomic mass is 9.98. The van der Waals surface area contributed by atoms with Crippen molar-refractivity contribution in [3.8, 4) is 0 Å². The van der Waals surface area contributed by atoms with Gasteiger partial charge in [-0.3, -0.25) is 4.99 Å². The Hall–Kier alpha value is -1.09. The minimum absolute atomic E-state index is 0. The highest BCUT2D eigenvalue weighted by molar-refractivity contribution is 14.0. The van der Waals surface area contributed by atoms with Gasteiger partial charge in [-0.05, 0) is 12.1 Å². The van der Waals surface area contributed by atoms with E-state index in [0.29, 0.717) is 6.54 Å². The molecule has 0 atom stereocenters. The van der Waals surface area contributed by atoms with Gasteiger partial charge < -0.3 is 15.2 Å². The number of hydrogen-bond acceptors (Lipinski definition) is 3. The molecule has 2 N–H and O–H groups in total. The van der Waals surface area contributed by atoms with E-state index >= 15 is 0 Å². The van der Waals surface area contributed by atoms with Crippen molar-refractivity contribution in [3.05, 3.63) is 40.6 Å². The zero-order valence-corrected chi connectivity index (χ0v) is 17.3. The highest BCUT2D eigenvalue weighted by atomic mass is 127. The summed E-state index contributed by atoms with van der Waals surface area (Å²) in [6.07, 6.45) is 4.11. The molecular weight excluding hydrogens is 421 g/mol. The van der Waals surface area contributed by atoms with E-state index in [1.54, 1.807) is 18.4 Å². The molecule has 0 aliphatic rings. The van der Waals surface area contributed by atoms with E-state index in [-0.39, 0.29) is 29.4 Å². The summed E-state index contributed by atoms with van der Waals surface area (Å²) >= 11 is 1.72. The van der Waals surface area contributed by atoms with E-state index < -0.39 is 0 Å². The zero-order chi connectivity index (χ0) is 16.0. The van der Waals surface area contributed by atoms with Crippen LogP contribution >= 0.6 is 35.3 Å². The third-order valence-electron chi connectivity index (χ3n) is 3.18. The van der Waals surface area contributed by atoms with E-state index in [1.807, 2.05) is 12.1 Å². The molecule has 0 saturated carbocycles. The summed E-state index contributed by atoms with van der Waals surface area (Å²) in [5.74, 6) is 0.803. The molecule has 0 fully saturated rings. The second-order valence-corrected chi connectivity index (χ2v) is 7.03. The van der Waals surface area contributed by atoms with E-state index in [0.717, 1.165) is 24.7 Å². The third-order valence-corrected chi connectivity index (χ3v) is 4.50. The zero-order valence-electron chi connectivity index (χ0n) is 14.2. The Kier molecular flexibility index (Phi) is 8.04. The molecular formula is C16H26IN5S. The van der Waals surface area contributed by atoms with Crippen molar-refractivity contribution in [3.63, 3.8) is 0 Å². The molecule has 0 aliphatic carbocycles. The summed E-state index contributed by atoms with van der Waals surface area (Å²) in [4.78, 5) is 8.92. The van der Waals surface area contributed by atoms with Crippen molar-refractivity contribution in [1.29, 1.82) is 0 Å². The molecule has 0 saturated heterocycles. The topological polar surface area (TPSA) is 54.2 Å². The fourth-order valence-electron chi connectivity index (χ4n) is 1.95. The van der Waals surface area contributed by atoms with Crippen molar-refractivity contribution in [2.45, 2.75) is 39.3 Å². The summed E-state index contributed by atoms with van der Waals surface area (Å²) in [5, 5.41) is 9.89. The minimum atomic E-state index is 0. The Labute approximate surface area is 159 Å². The fraction of sp³-hybridized carbons (Fsp3) is 0.500. The van der Waals surface area contributed by atoms with Crippen molar-refractivity contribution in [2.24, 2.45) is 4.99 Å². The second-order valence-electron chi connectivity index (χ2n) is 6.17. The summed E-state index contributed by atoms with van der Waals surface area (Å²) in [5.41, 5.74) is 1.17. The molecule has 0 spiro atoms. The van der Waals surface area contributed by atoms with Crippen LogP contribution in [0.5, 0.6) is 0 Å². The van der Waals surface area contributed by atoms with Crippen LogP contribution in [0, 0.1) is 0 Å². The standard InChI is InChI=1S/C16H25N5S.HI/c1-16(2,3)14-20-13(12-22-14)11-19-15(17-4)18-7-10-21-8-5-6-9-21;/h5-6,8-9,12H,7,10-11H2,1-4H3,(H2,17,18,19);1H. The van der Waals surface area contributed by atoms with Gasteiger partial charge in [0.15, 0.2) is 5.96 Å². The van der Waals surface area contributed by atoms with Gasteiger partial charge in [0, 0.05) is 43.3 Å². The van der Waals surface area contributed by atoms with Crippen LogP contribution in [0.3, 0.4) is 0 Å². The lowest BCUT2D eigenvalue weighted by Crippen LogP contribution is -2.38. The Bertz CT molecular complexity index is 598. The van der Waals surface area contributed by atoms with Crippen LogP contribution in [0.4, 0.5) is 0 Å². The minimum Gasteiger partial charge on any atom is -0.355 e. The summed E-state index contributed by atoms with van der Waals surface area (Å²) in [6.45, 7) is 8.99. The highest BCUT2D eigenvalue weighted by Gasteiger charge is 2.17. The van der Waals surface area contributed by atoms with Gasteiger partial charge in [-0.15, -0.1) is 35.3 Å². The summed E-state index contributed by atoms with van der Waals surface area (Å²) in [7, 11) is 1.78. The van der Waals surface area contributed by atoms with E-state index in [9.17, 15) is 0 Å². The Balaban J connectivity index is 0.00000264. The molecule has 0 amide bonds. The monoisotopic (exact) mass is 447 g/mol. The number of guanidine groups is 1. The lowest BCUT2D eigenvalue weighted by Gasteiger charge is -2.14. The predicted octanol–water partition coefficient (Wildman–Crippen LogP) is 3.23. The first kappa shape index (κ1) is 20.0. The number of rotatable bonds is 5. The SMILES string of the molecule is CN=C(NCCn1cccc1)NCc1csc(C(C)(C)C)n1.I. The molecule has 0 aliphatic heterocycles.